The van der Waals surface area contributed by atoms with Crippen LogP contribution >= 0.6 is 0 Å². The fourth-order valence-corrected chi connectivity index (χ4v) is 3.12. The van der Waals surface area contributed by atoms with E-state index in [1.807, 2.05) is 0 Å². The van der Waals surface area contributed by atoms with Crippen LogP contribution in [0.25, 0.3) is 0 Å². The first-order valence-electron chi connectivity index (χ1n) is 8.25. The number of halogens is 3. The van der Waals surface area contributed by atoms with E-state index in [9.17, 15) is 22.8 Å². The van der Waals surface area contributed by atoms with Gasteiger partial charge in [0.1, 0.15) is 6.04 Å². The topological polar surface area (TPSA) is 115 Å². The van der Waals surface area contributed by atoms with E-state index in [1.54, 1.807) is 6.92 Å². The maximum atomic E-state index is 13.2. The van der Waals surface area contributed by atoms with E-state index >= 15 is 0 Å². The fraction of sp³-hybridized carbons (Fsp3) is 0.533. The van der Waals surface area contributed by atoms with Crippen molar-refractivity contribution in [1.29, 1.82) is 0 Å². The molecular weight excluding hydrogens is 369 g/mol. The van der Waals surface area contributed by atoms with Crippen molar-refractivity contribution in [3.8, 4) is 0 Å². The number of anilines is 1. The minimum absolute atomic E-state index is 0.152. The van der Waals surface area contributed by atoms with Crippen LogP contribution in [0.15, 0.2) is 0 Å². The van der Waals surface area contributed by atoms with Crippen LogP contribution in [0.3, 0.4) is 0 Å². The number of aromatic nitrogens is 5. The number of rotatable bonds is 5. The molecule has 2 aromatic rings. The van der Waals surface area contributed by atoms with Gasteiger partial charge in [-0.15, -0.1) is 5.10 Å². The second-order valence-electron chi connectivity index (χ2n) is 5.98. The summed E-state index contributed by atoms with van der Waals surface area (Å²) in [5.74, 6) is -1.78. The molecule has 3 rings (SSSR count). The first kappa shape index (κ1) is 18.9. The van der Waals surface area contributed by atoms with Crippen LogP contribution in [0.5, 0.6) is 0 Å². The molecule has 0 radical (unpaired) electrons. The average molecular weight is 386 g/mol. The molecule has 0 bridgehead atoms. The monoisotopic (exact) mass is 386 g/mol. The average Bonchev–Trinajstić information content (AvgIpc) is 3.31. The van der Waals surface area contributed by atoms with Gasteiger partial charge in [0.15, 0.2) is 5.69 Å². The number of fused-ring (bicyclic) bond motifs is 1. The number of hydrogen-bond donors (Lipinski definition) is 2. The van der Waals surface area contributed by atoms with Crippen LogP contribution in [0.4, 0.5) is 19.1 Å². The van der Waals surface area contributed by atoms with Crippen molar-refractivity contribution in [1.82, 2.24) is 25.0 Å². The molecule has 0 aromatic carbocycles. The zero-order valence-corrected chi connectivity index (χ0v) is 14.6. The molecule has 146 valence electrons. The smallest absolute Gasteiger partial charge is 0.435 e. The Morgan fingerprint density at radius 2 is 2.11 bits per heavy atom. The van der Waals surface area contributed by atoms with Crippen molar-refractivity contribution in [2.45, 2.75) is 44.8 Å². The Kier molecular flexibility index (Phi) is 4.89. The zero-order chi connectivity index (χ0) is 19.8. The van der Waals surface area contributed by atoms with Gasteiger partial charge >= 0.3 is 12.1 Å². The first-order chi connectivity index (χ1) is 12.8. The third-order valence-electron chi connectivity index (χ3n) is 4.31. The summed E-state index contributed by atoms with van der Waals surface area (Å²) in [6, 6.07) is -0.965. The highest BCUT2D eigenvalue weighted by Crippen LogP contribution is 2.37. The largest absolute Gasteiger partial charge is 0.463 e. The van der Waals surface area contributed by atoms with E-state index in [0.717, 1.165) is 11.8 Å². The van der Waals surface area contributed by atoms with Crippen molar-refractivity contribution in [3.63, 3.8) is 0 Å². The third kappa shape index (κ3) is 3.51. The normalized spacial score (nSPS) is 14.7. The number of nitrogens with one attached hydrogen (secondary N) is 2. The molecule has 1 aliphatic carbocycles. The lowest BCUT2D eigenvalue weighted by Gasteiger charge is -2.16. The molecule has 0 spiro atoms. The predicted octanol–water partition coefficient (Wildman–Crippen LogP) is 1.89. The molecule has 27 heavy (non-hydrogen) atoms. The Morgan fingerprint density at radius 3 is 2.74 bits per heavy atom. The van der Waals surface area contributed by atoms with Crippen molar-refractivity contribution in [3.05, 3.63) is 22.8 Å². The number of amides is 1. The Labute approximate surface area is 151 Å². The molecule has 0 aliphatic heterocycles. The molecule has 0 saturated heterocycles. The number of carbonyl (C=O) groups is 2. The van der Waals surface area contributed by atoms with Crippen molar-refractivity contribution >= 4 is 17.8 Å². The van der Waals surface area contributed by atoms with Gasteiger partial charge in [-0.2, -0.15) is 23.3 Å². The summed E-state index contributed by atoms with van der Waals surface area (Å²) in [6.45, 7) is 1.67. The third-order valence-corrected chi connectivity index (χ3v) is 4.31. The highest BCUT2D eigenvalue weighted by atomic mass is 19.4. The van der Waals surface area contributed by atoms with Crippen LogP contribution in [0, 0.1) is 0 Å². The van der Waals surface area contributed by atoms with Crippen LogP contribution < -0.4 is 5.32 Å². The number of ether oxygens (including phenoxy) is 1. The van der Waals surface area contributed by atoms with Gasteiger partial charge in [0.2, 0.25) is 11.8 Å². The summed E-state index contributed by atoms with van der Waals surface area (Å²) >= 11 is 0. The van der Waals surface area contributed by atoms with Crippen molar-refractivity contribution < 1.29 is 27.5 Å². The summed E-state index contributed by atoms with van der Waals surface area (Å²) in [7, 11) is 1.16. The Balaban J connectivity index is 1.86. The number of nitrogens with zero attached hydrogens (tertiary/aromatic N) is 4. The summed E-state index contributed by atoms with van der Waals surface area (Å²) in [6.07, 6.45) is -3.07. The molecule has 0 unspecified atom stereocenters. The summed E-state index contributed by atoms with van der Waals surface area (Å²) in [5.41, 5.74) is -0.360. The van der Waals surface area contributed by atoms with Gasteiger partial charge in [-0.25, -0.2) is 4.79 Å². The second kappa shape index (κ2) is 7.00. The van der Waals surface area contributed by atoms with Crippen LogP contribution in [0.2, 0.25) is 0 Å². The minimum atomic E-state index is -4.58. The van der Waals surface area contributed by atoms with Crippen molar-refractivity contribution in [2.75, 3.05) is 12.4 Å². The Morgan fingerprint density at radius 1 is 1.37 bits per heavy atom. The maximum absolute atomic E-state index is 13.2. The first-order valence-corrected chi connectivity index (χ1v) is 8.25. The molecule has 1 atom stereocenters. The lowest BCUT2D eigenvalue weighted by Crippen LogP contribution is -2.28. The van der Waals surface area contributed by atoms with Gasteiger partial charge in [-0.3, -0.25) is 19.9 Å². The molecule has 0 saturated carbocycles. The molecule has 1 aliphatic rings. The predicted molar refractivity (Wildman–Crippen MR) is 84.9 cm³/mol. The molecule has 2 heterocycles. The van der Waals surface area contributed by atoms with Crippen LogP contribution in [-0.4, -0.2) is 43.9 Å². The summed E-state index contributed by atoms with van der Waals surface area (Å²) in [5, 5.41) is 12.1. The molecular formula is C15H17F3N6O3. The highest BCUT2D eigenvalue weighted by Gasteiger charge is 2.41. The molecule has 2 N–H and O–H groups in total. The number of methoxy groups -OCH3 is 1. The van der Waals surface area contributed by atoms with Gasteiger partial charge in [0.05, 0.1) is 7.11 Å². The number of esters is 1. The fourth-order valence-electron chi connectivity index (χ4n) is 3.12. The molecule has 2 aromatic heterocycles. The van der Waals surface area contributed by atoms with E-state index in [1.165, 1.54) is 0 Å². The summed E-state index contributed by atoms with van der Waals surface area (Å²) in [4.78, 5) is 27.7. The molecule has 12 heteroatoms. The molecule has 0 fully saturated rings. The molecule has 1 amide bonds. The number of H-pyrrole nitrogens is 1. The van der Waals surface area contributed by atoms with E-state index < -0.39 is 29.8 Å². The van der Waals surface area contributed by atoms with E-state index in [4.69, 9.17) is 0 Å². The van der Waals surface area contributed by atoms with E-state index in [-0.39, 0.29) is 30.2 Å². The van der Waals surface area contributed by atoms with Gasteiger partial charge in [-0.05, 0) is 25.7 Å². The van der Waals surface area contributed by atoms with Gasteiger partial charge in [-0.1, -0.05) is 6.92 Å². The second-order valence-corrected chi connectivity index (χ2v) is 5.98. The number of carbonyl (C=O) groups excluding carboxylic acids is 2. The lowest BCUT2D eigenvalue weighted by atomic mass is 10.2. The standard InChI is InChI=1S/C15H17F3N6O3/c1-3-8(12(25)20-14-19-11(21-22-14)13(26)27-2)24-9-6-4-5-7(9)10(23-24)15(16,17)18/h8H,3-6H2,1-2H3,(H2,19,20,21,22,25)/t8-/m0/s1. The summed E-state index contributed by atoms with van der Waals surface area (Å²) < 4.78 is 45.3. The van der Waals surface area contributed by atoms with Crippen LogP contribution in [0.1, 0.15) is 53.4 Å². The van der Waals surface area contributed by atoms with E-state index in [0.29, 0.717) is 18.5 Å². The zero-order valence-electron chi connectivity index (χ0n) is 14.6. The minimum Gasteiger partial charge on any atom is -0.463 e. The Hall–Kier alpha value is -2.92. The number of alkyl halides is 3. The lowest BCUT2D eigenvalue weighted by molar-refractivity contribution is -0.142. The number of hydrogen-bond acceptors (Lipinski definition) is 6. The van der Waals surface area contributed by atoms with Gasteiger partial charge < -0.3 is 4.74 Å². The van der Waals surface area contributed by atoms with Crippen molar-refractivity contribution in [2.24, 2.45) is 0 Å². The number of aromatic amines is 1. The highest BCUT2D eigenvalue weighted by molar-refractivity contribution is 5.93. The quantitative estimate of drug-likeness (QED) is 0.759. The van der Waals surface area contributed by atoms with Gasteiger partial charge in [0, 0.05) is 11.3 Å². The SMILES string of the molecule is CC[C@@H](C(=O)Nc1n[nH]c(C(=O)OC)n1)n1nc(C(F)(F)F)c2c1CCC2. The van der Waals surface area contributed by atoms with E-state index in [2.05, 4.69) is 30.3 Å². The Bertz CT molecular complexity index is 873. The van der Waals surface area contributed by atoms with Crippen LogP contribution in [-0.2, 0) is 28.5 Å². The molecule has 9 nitrogen and oxygen atoms in total. The maximum Gasteiger partial charge on any atom is 0.435 e. The van der Waals surface area contributed by atoms with Gasteiger partial charge in [0.25, 0.3) is 5.91 Å².